The van der Waals surface area contributed by atoms with E-state index in [1.807, 2.05) is 0 Å². The SMILES string of the molecule is c1ccc(-c2c3ccccc3n3c(-c4ccc5c(c4)oc4cc(N(c6ccccc6)c6ccccc6)ccc45)cc4ccccc4c23)cc1. The number of hydrogen-bond acceptors (Lipinski definition) is 2. The summed E-state index contributed by atoms with van der Waals surface area (Å²) in [5.74, 6) is 0. The molecule has 3 heterocycles. The summed E-state index contributed by atoms with van der Waals surface area (Å²) in [5.41, 5.74) is 12.1. The number of fused-ring (bicyclic) bond motifs is 8. The molecule has 0 saturated heterocycles. The van der Waals surface area contributed by atoms with Gasteiger partial charge in [-0.15, -0.1) is 0 Å². The Labute approximate surface area is 283 Å². The summed E-state index contributed by atoms with van der Waals surface area (Å²) in [7, 11) is 0. The molecule has 3 nitrogen and oxygen atoms in total. The lowest BCUT2D eigenvalue weighted by Gasteiger charge is -2.25. The molecule has 0 radical (unpaired) electrons. The summed E-state index contributed by atoms with van der Waals surface area (Å²) in [6, 6.07) is 64.7. The number of furan rings is 1. The predicted molar refractivity (Wildman–Crippen MR) is 205 cm³/mol. The van der Waals surface area contributed by atoms with Crippen molar-refractivity contribution in [1.82, 2.24) is 4.40 Å². The Morgan fingerprint density at radius 3 is 1.73 bits per heavy atom. The van der Waals surface area contributed by atoms with Crippen molar-refractivity contribution in [2.24, 2.45) is 0 Å². The highest BCUT2D eigenvalue weighted by molar-refractivity contribution is 6.16. The van der Waals surface area contributed by atoms with Crippen molar-refractivity contribution < 1.29 is 4.42 Å². The molecule has 0 unspecified atom stereocenters. The fourth-order valence-corrected chi connectivity index (χ4v) is 7.57. The molecule has 3 heteroatoms. The van der Waals surface area contributed by atoms with Crippen molar-refractivity contribution in [2.45, 2.75) is 0 Å². The average molecular weight is 627 g/mol. The van der Waals surface area contributed by atoms with E-state index in [1.54, 1.807) is 0 Å². The number of benzene rings is 7. The molecule has 0 spiro atoms. The minimum Gasteiger partial charge on any atom is -0.456 e. The largest absolute Gasteiger partial charge is 0.456 e. The van der Waals surface area contributed by atoms with Crippen LogP contribution in [0, 0.1) is 0 Å². The third-order valence-electron chi connectivity index (χ3n) is 9.73. The Bertz CT molecular complexity index is 2770. The van der Waals surface area contributed by atoms with Gasteiger partial charge >= 0.3 is 0 Å². The molecule has 0 aliphatic rings. The molecule has 0 atom stereocenters. The molecule has 0 fully saturated rings. The third kappa shape index (κ3) is 4.37. The van der Waals surface area contributed by atoms with Crippen molar-refractivity contribution in [3.63, 3.8) is 0 Å². The first-order valence-electron chi connectivity index (χ1n) is 16.7. The van der Waals surface area contributed by atoms with Gasteiger partial charge in [0.25, 0.3) is 0 Å². The minimum atomic E-state index is 0.864. The number of pyridine rings is 1. The van der Waals surface area contributed by atoms with E-state index < -0.39 is 0 Å². The van der Waals surface area contributed by atoms with Crippen molar-refractivity contribution in [2.75, 3.05) is 4.90 Å². The highest BCUT2D eigenvalue weighted by atomic mass is 16.3. The van der Waals surface area contributed by atoms with Gasteiger partial charge in [0.2, 0.25) is 0 Å². The van der Waals surface area contributed by atoms with Crippen LogP contribution in [0.4, 0.5) is 17.1 Å². The molecular weight excluding hydrogens is 597 g/mol. The summed E-state index contributed by atoms with van der Waals surface area (Å²) in [6.07, 6.45) is 0. The van der Waals surface area contributed by atoms with E-state index in [1.165, 1.54) is 38.3 Å². The maximum absolute atomic E-state index is 6.70. The van der Waals surface area contributed by atoms with Crippen molar-refractivity contribution in [3.05, 3.63) is 182 Å². The normalized spacial score (nSPS) is 11.7. The molecule has 0 bridgehead atoms. The monoisotopic (exact) mass is 626 g/mol. The van der Waals surface area contributed by atoms with Gasteiger partial charge in [-0.25, -0.2) is 0 Å². The Hall–Kier alpha value is -6.58. The minimum absolute atomic E-state index is 0.864. The molecule has 10 rings (SSSR count). The van der Waals surface area contributed by atoms with E-state index in [0.29, 0.717) is 0 Å². The Balaban J connectivity index is 1.19. The lowest BCUT2D eigenvalue weighted by molar-refractivity contribution is 0.669. The molecule has 0 aliphatic carbocycles. The highest BCUT2D eigenvalue weighted by Crippen LogP contribution is 2.43. The van der Waals surface area contributed by atoms with Gasteiger partial charge in [0.05, 0.1) is 16.7 Å². The van der Waals surface area contributed by atoms with Crippen molar-refractivity contribution >= 4 is 66.2 Å². The lowest BCUT2D eigenvalue weighted by atomic mass is 9.99. The van der Waals surface area contributed by atoms with Gasteiger partial charge in [0, 0.05) is 55.8 Å². The van der Waals surface area contributed by atoms with Crippen molar-refractivity contribution in [3.8, 4) is 22.4 Å². The lowest BCUT2D eigenvalue weighted by Crippen LogP contribution is -2.09. The van der Waals surface area contributed by atoms with Crippen molar-refractivity contribution in [1.29, 1.82) is 0 Å². The van der Waals surface area contributed by atoms with Gasteiger partial charge in [-0.2, -0.15) is 0 Å². The van der Waals surface area contributed by atoms with Crippen LogP contribution in [0.3, 0.4) is 0 Å². The van der Waals surface area contributed by atoms with E-state index in [0.717, 1.165) is 50.3 Å². The summed E-state index contributed by atoms with van der Waals surface area (Å²) < 4.78 is 9.15. The van der Waals surface area contributed by atoms with E-state index in [-0.39, 0.29) is 0 Å². The second-order valence-electron chi connectivity index (χ2n) is 12.6. The van der Waals surface area contributed by atoms with E-state index >= 15 is 0 Å². The van der Waals surface area contributed by atoms with Crippen LogP contribution in [0.1, 0.15) is 0 Å². The van der Waals surface area contributed by atoms with Gasteiger partial charge in [0.1, 0.15) is 11.2 Å². The Kier molecular flexibility index (Phi) is 6.18. The maximum atomic E-state index is 6.70. The quantitative estimate of drug-likeness (QED) is 0.189. The number of aromatic nitrogens is 1. The first-order chi connectivity index (χ1) is 24.3. The smallest absolute Gasteiger partial charge is 0.137 e. The van der Waals surface area contributed by atoms with Crippen LogP contribution < -0.4 is 4.90 Å². The van der Waals surface area contributed by atoms with Gasteiger partial charge in [0.15, 0.2) is 0 Å². The predicted octanol–water partition coefficient (Wildman–Crippen LogP) is 12.9. The number of anilines is 3. The van der Waals surface area contributed by atoms with Crippen LogP contribution in [-0.4, -0.2) is 4.40 Å². The summed E-state index contributed by atoms with van der Waals surface area (Å²) in [4.78, 5) is 2.27. The summed E-state index contributed by atoms with van der Waals surface area (Å²) in [5, 5.41) is 5.90. The van der Waals surface area contributed by atoms with Crippen LogP contribution >= 0.6 is 0 Å². The molecule has 49 heavy (non-hydrogen) atoms. The fraction of sp³-hybridized carbons (Fsp3) is 0. The molecule has 0 N–H and O–H groups in total. The first-order valence-corrected chi connectivity index (χ1v) is 16.7. The van der Waals surface area contributed by atoms with E-state index in [2.05, 4.69) is 191 Å². The molecular formula is C46H30N2O. The van der Waals surface area contributed by atoms with Crippen LogP contribution in [0.15, 0.2) is 186 Å². The second kappa shape index (κ2) is 11.0. The Morgan fingerprint density at radius 2 is 1.00 bits per heavy atom. The summed E-state index contributed by atoms with van der Waals surface area (Å²) in [6.45, 7) is 0. The van der Waals surface area contributed by atoms with Crippen LogP contribution in [0.5, 0.6) is 0 Å². The van der Waals surface area contributed by atoms with Gasteiger partial charge in [-0.3, -0.25) is 0 Å². The molecule has 0 amide bonds. The van der Waals surface area contributed by atoms with E-state index in [4.69, 9.17) is 4.42 Å². The Morgan fingerprint density at radius 1 is 0.408 bits per heavy atom. The molecule has 0 saturated carbocycles. The first kappa shape index (κ1) is 27.5. The molecule has 230 valence electrons. The average Bonchev–Trinajstić information content (AvgIpc) is 3.71. The summed E-state index contributed by atoms with van der Waals surface area (Å²) >= 11 is 0. The zero-order valence-electron chi connectivity index (χ0n) is 26.6. The zero-order valence-corrected chi connectivity index (χ0v) is 26.6. The van der Waals surface area contributed by atoms with Crippen LogP contribution in [0.25, 0.3) is 71.5 Å². The van der Waals surface area contributed by atoms with Crippen LogP contribution in [-0.2, 0) is 0 Å². The number of para-hydroxylation sites is 3. The third-order valence-corrected chi connectivity index (χ3v) is 9.73. The standard InChI is InChI=1S/C46H30N2O/c1-4-14-31(15-5-1)45-40-22-12-13-23-41(40)48-42(28-32-16-10-11-21-37(32)46(45)48)33-24-26-38-39-27-25-36(30-44(39)49-43(38)29-33)47(34-17-6-2-7-18-34)35-19-8-3-9-20-35/h1-30H. The van der Waals surface area contributed by atoms with Crippen LogP contribution in [0.2, 0.25) is 0 Å². The highest BCUT2D eigenvalue weighted by Gasteiger charge is 2.20. The van der Waals surface area contributed by atoms with Gasteiger partial charge < -0.3 is 13.7 Å². The van der Waals surface area contributed by atoms with Gasteiger partial charge in [-0.1, -0.05) is 115 Å². The second-order valence-corrected chi connectivity index (χ2v) is 12.6. The fourth-order valence-electron chi connectivity index (χ4n) is 7.57. The maximum Gasteiger partial charge on any atom is 0.137 e. The zero-order chi connectivity index (χ0) is 32.3. The molecule has 3 aromatic heterocycles. The van der Waals surface area contributed by atoms with Gasteiger partial charge in [-0.05, 0) is 71.6 Å². The molecule has 10 aromatic rings. The number of nitrogens with zero attached hydrogens (tertiary/aromatic N) is 2. The number of rotatable bonds is 5. The molecule has 0 aliphatic heterocycles. The topological polar surface area (TPSA) is 20.8 Å². The number of hydrogen-bond donors (Lipinski definition) is 0. The molecule has 7 aromatic carbocycles. The van der Waals surface area contributed by atoms with E-state index in [9.17, 15) is 0 Å².